The number of unbranched alkanes of at least 4 members (excludes halogenated alkanes) is 10. The first-order valence-electron chi connectivity index (χ1n) is 10.7. The number of carbonyl (C=O) groups is 2. The van der Waals surface area contributed by atoms with Crippen LogP contribution in [0.3, 0.4) is 0 Å². The Hall–Kier alpha value is -1.10. The number of carboxylic acids is 1. The van der Waals surface area contributed by atoms with Crippen LogP contribution in [-0.4, -0.2) is 48.3 Å². The standard InChI is InChI=1S/C21H42N2O3/c1-5-7-8-9-10-11-12-13-14-15-16-17-20(24)22-19(6-2)23(3,4)18-21(25)26/h19H,5-18H2,1-4H3,(H-,22,24,25,26)/p+1. The van der Waals surface area contributed by atoms with E-state index in [-0.39, 0.29) is 23.1 Å². The third kappa shape index (κ3) is 13.2. The lowest BCUT2D eigenvalue weighted by molar-refractivity contribution is -0.910. The van der Waals surface area contributed by atoms with Crippen molar-refractivity contribution >= 4 is 11.9 Å². The van der Waals surface area contributed by atoms with Crippen LogP contribution in [0.2, 0.25) is 0 Å². The first-order valence-corrected chi connectivity index (χ1v) is 10.7. The molecule has 0 aliphatic carbocycles. The fourth-order valence-corrected chi connectivity index (χ4v) is 3.44. The number of likely N-dealkylation sites (N-methyl/N-ethyl adjacent to an activating group) is 1. The third-order valence-corrected chi connectivity index (χ3v) is 5.11. The molecule has 0 aliphatic heterocycles. The molecular weight excluding hydrogens is 328 g/mol. The van der Waals surface area contributed by atoms with E-state index in [1.165, 1.54) is 57.8 Å². The Bertz CT molecular complexity index is 383. The Balaban J connectivity index is 3.74. The zero-order chi connectivity index (χ0) is 19.8. The Morgan fingerprint density at radius 3 is 1.73 bits per heavy atom. The van der Waals surface area contributed by atoms with Crippen molar-refractivity contribution in [1.82, 2.24) is 5.32 Å². The quantitative estimate of drug-likeness (QED) is 0.221. The van der Waals surface area contributed by atoms with Gasteiger partial charge >= 0.3 is 5.97 Å². The lowest BCUT2D eigenvalue weighted by Crippen LogP contribution is -2.59. The molecule has 26 heavy (non-hydrogen) atoms. The molecule has 5 nitrogen and oxygen atoms in total. The highest BCUT2D eigenvalue weighted by Crippen LogP contribution is 2.12. The molecule has 0 aromatic rings. The molecule has 1 atom stereocenters. The predicted octanol–water partition coefficient (Wildman–Crippen LogP) is 4.70. The maximum absolute atomic E-state index is 12.1. The van der Waals surface area contributed by atoms with Crippen LogP contribution in [-0.2, 0) is 9.59 Å². The number of hydrogen-bond acceptors (Lipinski definition) is 2. The Morgan fingerprint density at radius 1 is 0.846 bits per heavy atom. The number of carboxylic acid groups (broad SMARTS) is 1. The summed E-state index contributed by atoms with van der Waals surface area (Å²) in [5.41, 5.74) is 0. The van der Waals surface area contributed by atoms with Gasteiger partial charge in [0.15, 0.2) is 12.7 Å². The van der Waals surface area contributed by atoms with Crippen LogP contribution in [0.25, 0.3) is 0 Å². The van der Waals surface area contributed by atoms with Gasteiger partial charge < -0.3 is 10.4 Å². The van der Waals surface area contributed by atoms with Gasteiger partial charge in [0.2, 0.25) is 5.91 Å². The normalized spacial score (nSPS) is 12.8. The average molecular weight is 372 g/mol. The van der Waals surface area contributed by atoms with Crippen LogP contribution in [0.1, 0.15) is 97.3 Å². The van der Waals surface area contributed by atoms with E-state index in [0.29, 0.717) is 6.42 Å². The molecule has 2 N–H and O–H groups in total. The first-order chi connectivity index (χ1) is 12.3. The molecule has 0 rings (SSSR count). The molecule has 1 amide bonds. The van der Waals surface area contributed by atoms with Crippen molar-refractivity contribution in [2.45, 2.75) is 103 Å². The summed E-state index contributed by atoms with van der Waals surface area (Å²) in [5.74, 6) is -0.794. The monoisotopic (exact) mass is 371 g/mol. The minimum absolute atomic E-state index is 0.0111. The van der Waals surface area contributed by atoms with Crippen molar-refractivity contribution < 1.29 is 19.2 Å². The molecule has 0 fully saturated rings. The molecule has 0 heterocycles. The molecule has 0 aromatic carbocycles. The van der Waals surface area contributed by atoms with Crippen molar-refractivity contribution in [3.8, 4) is 0 Å². The minimum atomic E-state index is -0.840. The van der Waals surface area contributed by atoms with Gasteiger partial charge in [-0.05, 0) is 6.42 Å². The summed E-state index contributed by atoms with van der Waals surface area (Å²) in [6, 6.07) is 0. The van der Waals surface area contributed by atoms with E-state index in [1.807, 2.05) is 21.0 Å². The lowest BCUT2D eigenvalue weighted by atomic mass is 10.1. The highest BCUT2D eigenvalue weighted by molar-refractivity contribution is 5.76. The van der Waals surface area contributed by atoms with Gasteiger partial charge in [-0.1, -0.05) is 78.1 Å². The smallest absolute Gasteiger partial charge is 0.359 e. The Labute approximate surface area is 161 Å². The van der Waals surface area contributed by atoms with E-state index in [4.69, 9.17) is 5.11 Å². The number of nitrogens with zero attached hydrogens (tertiary/aromatic N) is 1. The number of amides is 1. The number of quaternary nitrogens is 1. The molecule has 154 valence electrons. The molecular formula is C21H43N2O3+. The van der Waals surface area contributed by atoms with Gasteiger partial charge in [-0.2, -0.15) is 0 Å². The molecule has 0 aromatic heterocycles. The number of aliphatic carboxylic acids is 1. The van der Waals surface area contributed by atoms with E-state index >= 15 is 0 Å². The van der Waals surface area contributed by atoms with E-state index in [9.17, 15) is 9.59 Å². The number of rotatable bonds is 17. The predicted molar refractivity (Wildman–Crippen MR) is 108 cm³/mol. The molecule has 0 saturated carbocycles. The summed E-state index contributed by atoms with van der Waals surface area (Å²) in [7, 11) is 3.70. The Kier molecular flexibility index (Phi) is 14.4. The average Bonchev–Trinajstić information content (AvgIpc) is 2.56. The van der Waals surface area contributed by atoms with Crippen LogP contribution in [0.5, 0.6) is 0 Å². The molecule has 0 radical (unpaired) electrons. The zero-order valence-electron chi connectivity index (χ0n) is 17.7. The summed E-state index contributed by atoms with van der Waals surface area (Å²) in [4.78, 5) is 23.1. The third-order valence-electron chi connectivity index (χ3n) is 5.11. The van der Waals surface area contributed by atoms with E-state index in [0.717, 1.165) is 19.3 Å². The highest BCUT2D eigenvalue weighted by atomic mass is 16.4. The second-order valence-electron chi connectivity index (χ2n) is 8.11. The first kappa shape index (κ1) is 24.9. The van der Waals surface area contributed by atoms with Crippen molar-refractivity contribution in [2.24, 2.45) is 0 Å². The van der Waals surface area contributed by atoms with Crippen LogP contribution in [0.4, 0.5) is 0 Å². The maximum Gasteiger partial charge on any atom is 0.359 e. The summed E-state index contributed by atoms with van der Waals surface area (Å²) in [5, 5.41) is 12.0. The van der Waals surface area contributed by atoms with Gasteiger partial charge in [0.1, 0.15) is 0 Å². The number of hydrogen-bond donors (Lipinski definition) is 2. The van der Waals surface area contributed by atoms with Gasteiger partial charge in [0.05, 0.1) is 14.1 Å². The topological polar surface area (TPSA) is 66.4 Å². The van der Waals surface area contributed by atoms with Crippen molar-refractivity contribution in [3.63, 3.8) is 0 Å². The summed E-state index contributed by atoms with van der Waals surface area (Å²) >= 11 is 0. The van der Waals surface area contributed by atoms with E-state index < -0.39 is 5.97 Å². The van der Waals surface area contributed by atoms with E-state index in [1.54, 1.807) is 0 Å². The van der Waals surface area contributed by atoms with Crippen LogP contribution in [0, 0.1) is 0 Å². The zero-order valence-corrected chi connectivity index (χ0v) is 17.7. The van der Waals surface area contributed by atoms with Crippen LogP contribution >= 0.6 is 0 Å². The molecule has 0 bridgehead atoms. The summed E-state index contributed by atoms with van der Waals surface area (Å²) in [6.45, 7) is 4.24. The Morgan fingerprint density at radius 2 is 1.31 bits per heavy atom. The second-order valence-corrected chi connectivity index (χ2v) is 8.11. The molecule has 0 spiro atoms. The number of carbonyl (C=O) groups excluding carboxylic acids is 1. The van der Waals surface area contributed by atoms with Gasteiger partial charge in [-0.25, -0.2) is 4.79 Å². The van der Waals surface area contributed by atoms with Crippen LogP contribution < -0.4 is 5.32 Å². The van der Waals surface area contributed by atoms with Gasteiger partial charge in [0, 0.05) is 12.8 Å². The van der Waals surface area contributed by atoms with Crippen molar-refractivity contribution in [1.29, 1.82) is 0 Å². The van der Waals surface area contributed by atoms with Crippen molar-refractivity contribution in [2.75, 3.05) is 20.6 Å². The molecule has 5 heteroatoms. The largest absolute Gasteiger partial charge is 0.477 e. The van der Waals surface area contributed by atoms with Gasteiger partial charge in [-0.15, -0.1) is 0 Å². The fraction of sp³-hybridized carbons (Fsp3) is 0.905. The molecule has 1 unspecified atom stereocenters. The second kappa shape index (κ2) is 15.0. The molecule has 0 saturated heterocycles. The van der Waals surface area contributed by atoms with Crippen LogP contribution in [0.15, 0.2) is 0 Å². The lowest BCUT2D eigenvalue weighted by Gasteiger charge is -2.36. The SMILES string of the molecule is CCCCCCCCCCCCCC(=O)NC(CC)[N+](C)(C)CC(=O)O. The molecule has 0 aliphatic rings. The minimum Gasteiger partial charge on any atom is -0.477 e. The van der Waals surface area contributed by atoms with Crippen molar-refractivity contribution in [3.05, 3.63) is 0 Å². The highest BCUT2D eigenvalue weighted by Gasteiger charge is 2.30. The fourth-order valence-electron chi connectivity index (χ4n) is 3.44. The summed E-state index contributed by atoms with van der Waals surface area (Å²) < 4.78 is 0.274. The number of nitrogens with one attached hydrogen (secondary N) is 1. The summed E-state index contributed by atoms with van der Waals surface area (Å²) in [6.07, 6.45) is 15.1. The van der Waals surface area contributed by atoms with Gasteiger partial charge in [0.25, 0.3) is 0 Å². The van der Waals surface area contributed by atoms with Gasteiger partial charge in [-0.3, -0.25) is 9.28 Å². The maximum atomic E-state index is 12.1. The van der Waals surface area contributed by atoms with E-state index in [2.05, 4.69) is 12.2 Å².